The van der Waals surface area contributed by atoms with E-state index in [1.807, 2.05) is 6.07 Å². The van der Waals surface area contributed by atoms with E-state index in [4.69, 9.17) is 0 Å². The number of carbonyl (C=O) groups excluding carboxylic acids is 2. The second-order valence-corrected chi connectivity index (χ2v) is 8.29. The van der Waals surface area contributed by atoms with Gasteiger partial charge < -0.3 is 14.8 Å². The molecule has 1 aromatic carbocycles. The summed E-state index contributed by atoms with van der Waals surface area (Å²) < 4.78 is 14.9. The standard InChI is InChI=1S/C24H21FN4O3/c25-19-3-1-17(2-4-19)23(31)28-12-15-11-18(14-28)21-6-5-20(24(32)29(21)13-15)27-22(30)16-7-9-26-10-8-16/h1-10,15,18H,11-14H2,(H,27,30)/t15-,18+/m0/s1. The van der Waals surface area contributed by atoms with E-state index < -0.39 is 0 Å². The van der Waals surface area contributed by atoms with Gasteiger partial charge in [-0.3, -0.25) is 19.4 Å². The van der Waals surface area contributed by atoms with Gasteiger partial charge in [-0.05, 0) is 60.9 Å². The van der Waals surface area contributed by atoms with E-state index in [2.05, 4.69) is 10.3 Å². The molecule has 7 nitrogen and oxygen atoms in total. The highest BCUT2D eigenvalue weighted by Crippen LogP contribution is 2.36. The lowest BCUT2D eigenvalue weighted by atomic mass is 9.83. The molecule has 4 heterocycles. The second kappa shape index (κ2) is 8.03. The Balaban J connectivity index is 1.37. The highest BCUT2D eigenvalue weighted by molar-refractivity contribution is 6.04. The van der Waals surface area contributed by atoms with Crippen molar-refractivity contribution in [2.75, 3.05) is 18.4 Å². The SMILES string of the molecule is O=C(Nc1ccc2n(c1=O)C[C@H]1C[C@@H]2CN(C(=O)c2ccc(F)cc2)C1)c1ccncc1. The highest BCUT2D eigenvalue weighted by atomic mass is 19.1. The summed E-state index contributed by atoms with van der Waals surface area (Å²) in [6, 6.07) is 12.2. The molecule has 1 fully saturated rings. The molecular formula is C24H21FN4O3. The van der Waals surface area contributed by atoms with Crippen LogP contribution < -0.4 is 10.9 Å². The van der Waals surface area contributed by atoms with E-state index in [0.29, 0.717) is 30.8 Å². The Morgan fingerprint density at radius 1 is 0.938 bits per heavy atom. The van der Waals surface area contributed by atoms with Crippen LogP contribution in [-0.2, 0) is 6.54 Å². The van der Waals surface area contributed by atoms with Crippen molar-refractivity contribution >= 4 is 17.5 Å². The molecule has 2 aliphatic heterocycles. The van der Waals surface area contributed by atoms with Crippen LogP contribution in [0.5, 0.6) is 0 Å². The van der Waals surface area contributed by atoms with Crippen LogP contribution in [0, 0.1) is 11.7 Å². The molecule has 2 aromatic heterocycles. The van der Waals surface area contributed by atoms with Crippen molar-refractivity contribution in [2.45, 2.75) is 18.9 Å². The number of likely N-dealkylation sites (tertiary alicyclic amines) is 1. The molecule has 0 unspecified atom stereocenters. The summed E-state index contributed by atoms with van der Waals surface area (Å²) in [5.74, 6) is -0.704. The fourth-order valence-corrected chi connectivity index (χ4v) is 4.68. The van der Waals surface area contributed by atoms with E-state index in [-0.39, 0.29) is 40.7 Å². The van der Waals surface area contributed by atoms with Crippen molar-refractivity contribution in [3.63, 3.8) is 0 Å². The minimum atomic E-state index is -0.378. The second-order valence-electron chi connectivity index (χ2n) is 8.29. The lowest BCUT2D eigenvalue weighted by Crippen LogP contribution is -2.49. The van der Waals surface area contributed by atoms with Crippen LogP contribution in [-0.4, -0.2) is 39.4 Å². The number of piperidine rings is 1. The average molecular weight is 432 g/mol. The zero-order valence-corrected chi connectivity index (χ0v) is 17.2. The van der Waals surface area contributed by atoms with Gasteiger partial charge in [0.25, 0.3) is 17.4 Å². The third kappa shape index (κ3) is 3.68. The molecular weight excluding hydrogens is 411 g/mol. The largest absolute Gasteiger partial charge is 0.338 e. The molecule has 1 saturated heterocycles. The molecule has 2 amide bonds. The first-order valence-electron chi connectivity index (χ1n) is 10.5. The number of hydrogen-bond acceptors (Lipinski definition) is 4. The maximum atomic E-state index is 13.2. The number of carbonyl (C=O) groups is 2. The highest BCUT2D eigenvalue weighted by Gasteiger charge is 2.37. The minimum absolute atomic E-state index is 0.0320. The van der Waals surface area contributed by atoms with Gasteiger partial charge in [0.15, 0.2) is 0 Å². The molecule has 8 heteroatoms. The van der Waals surface area contributed by atoms with Gasteiger partial charge in [0.2, 0.25) is 0 Å². The molecule has 2 atom stereocenters. The summed E-state index contributed by atoms with van der Waals surface area (Å²) in [7, 11) is 0. The molecule has 0 radical (unpaired) electrons. The normalized spacial score (nSPS) is 19.2. The fourth-order valence-electron chi connectivity index (χ4n) is 4.68. The van der Waals surface area contributed by atoms with Crippen LogP contribution >= 0.6 is 0 Å². The summed E-state index contributed by atoms with van der Waals surface area (Å²) in [5, 5.41) is 2.70. The molecule has 0 saturated carbocycles. The molecule has 32 heavy (non-hydrogen) atoms. The Morgan fingerprint density at radius 3 is 2.44 bits per heavy atom. The average Bonchev–Trinajstić information content (AvgIpc) is 2.81. The first-order chi connectivity index (χ1) is 15.5. The predicted molar refractivity (Wildman–Crippen MR) is 116 cm³/mol. The third-order valence-electron chi connectivity index (χ3n) is 6.17. The zero-order chi connectivity index (χ0) is 22.2. The van der Waals surface area contributed by atoms with Crippen LogP contribution in [0.4, 0.5) is 10.1 Å². The summed E-state index contributed by atoms with van der Waals surface area (Å²) in [6.45, 7) is 1.51. The van der Waals surface area contributed by atoms with E-state index in [1.54, 1.807) is 27.7 Å². The van der Waals surface area contributed by atoms with Gasteiger partial charge >= 0.3 is 0 Å². The first kappa shape index (κ1) is 20.1. The molecule has 3 aromatic rings. The Morgan fingerprint density at radius 2 is 1.69 bits per heavy atom. The number of aromatic nitrogens is 2. The van der Waals surface area contributed by atoms with Crippen LogP contribution in [0.15, 0.2) is 65.7 Å². The number of nitrogens with zero attached hydrogens (tertiary/aromatic N) is 3. The Kier molecular flexibility index (Phi) is 5.05. The van der Waals surface area contributed by atoms with E-state index in [0.717, 1.165) is 12.1 Å². The van der Waals surface area contributed by atoms with E-state index >= 15 is 0 Å². The summed E-state index contributed by atoms with van der Waals surface area (Å²) in [4.78, 5) is 44.1. The number of halogens is 1. The van der Waals surface area contributed by atoms with Crippen LogP contribution in [0.1, 0.15) is 38.7 Å². The number of pyridine rings is 2. The lowest BCUT2D eigenvalue weighted by Gasteiger charge is -2.43. The van der Waals surface area contributed by atoms with Crippen molar-refractivity contribution in [1.82, 2.24) is 14.5 Å². The number of nitrogens with one attached hydrogen (secondary N) is 1. The number of anilines is 1. The smallest absolute Gasteiger partial charge is 0.274 e. The Labute approximate surface area is 183 Å². The topological polar surface area (TPSA) is 84.3 Å². The number of amides is 2. The van der Waals surface area contributed by atoms with Crippen molar-refractivity contribution in [3.8, 4) is 0 Å². The van der Waals surface area contributed by atoms with Crippen molar-refractivity contribution in [3.05, 3.63) is 93.9 Å². The van der Waals surface area contributed by atoms with Gasteiger partial charge in [0.05, 0.1) is 0 Å². The molecule has 1 N–H and O–H groups in total. The number of benzene rings is 1. The van der Waals surface area contributed by atoms with Crippen LogP contribution in [0.3, 0.4) is 0 Å². The summed E-state index contributed by atoms with van der Waals surface area (Å²) in [5.41, 5.74) is 1.74. The maximum absolute atomic E-state index is 13.2. The van der Waals surface area contributed by atoms with E-state index in [9.17, 15) is 18.8 Å². The molecule has 162 valence electrons. The molecule has 2 bridgehead atoms. The first-order valence-corrected chi connectivity index (χ1v) is 10.5. The minimum Gasteiger partial charge on any atom is -0.338 e. The van der Waals surface area contributed by atoms with Gasteiger partial charge in [0, 0.05) is 54.8 Å². The monoisotopic (exact) mass is 432 g/mol. The molecule has 0 aliphatic carbocycles. The Hall–Kier alpha value is -3.81. The van der Waals surface area contributed by atoms with Crippen LogP contribution in [0.25, 0.3) is 0 Å². The zero-order valence-electron chi connectivity index (χ0n) is 17.2. The molecule has 0 spiro atoms. The van der Waals surface area contributed by atoms with Crippen molar-refractivity contribution < 1.29 is 14.0 Å². The summed E-state index contributed by atoms with van der Waals surface area (Å²) in [6.07, 6.45) is 3.94. The van der Waals surface area contributed by atoms with E-state index in [1.165, 1.54) is 36.7 Å². The summed E-state index contributed by atoms with van der Waals surface area (Å²) >= 11 is 0. The molecule has 5 rings (SSSR count). The van der Waals surface area contributed by atoms with Gasteiger partial charge in [-0.15, -0.1) is 0 Å². The third-order valence-corrected chi connectivity index (χ3v) is 6.17. The van der Waals surface area contributed by atoms with Crippen LogP contribution in [0.2, 0.25) is 0 Å². The van der Waals surface area contributed by atoms with Crippen molar-refractivity contribution in [2.24, 2.45) is 5.92 Å². The van der Waals surface area contributed by atoms with Gasteiger partial charge in [-0.25, -0.2) is 4.39 Å². The maximum Gasteiger partial charge on any atom is 0.274 e. The van der Waals surface area contributed by atoms with Gasteiger partial charge in [-0.2, -0.15) is 0 Å². The van der Waals surface area contributed by atoms with Crippen molar-refractivity contribution in [1.29, 1.82) is 0 Å². The van der Waals surface area contributed by atoms with Gasteiger partial charge in [-0.1, -0.05) is 0 Å². The quantitative estimate of drug-likeness (QED) is 0.690. The predicted octanol–water partition coefficient (Wildman–Crippen LogP) is 2.89. The number of hydrogen-bond donors (Lipinski definition) is 1. The fraction of sp³-hybridized carbons (Fsp3) is 0.250. The number of rotatable bonds is 3. The molecule has 2 aliphatic rings. The lowest BCUT2D eigenvalue weighted by molar-refractivity contribution is 0.0594. The Bertz CT molecular complexity index is 1240. The number of fused-ring (bicyclic) bond motifs is 4. The van der Waals surface area contributed by atoms with Gasteiger partial charge in [0.1, 0.15) is 11.5 Å².